The van der Waals surface area contributed by atoms with E-state index in [-0.39, 0.29) is 6.10 Å². The SMILES string of the molecule is O=C(Nc1ccc(Oc2ccc3c(c2)CCN(C2CCC2)CC3)nc1)OC1CCOCC1. The van der Waals surface area contributed by atoms with Crippen LogP contribution in [-0.4, -0.2) is 54.4 Å². The topological polar surface area (TPSA) is 72.9 Å². The monoisotopic (exact) mass is 437 g/mol. The second-order valence-corrected chi connectivity index (χ2v) is 8.88. The Bertz CT molecular complexity index is 923. The zero-order valence-corrected chi connectivity index (χ0v) is 18.4. The first-order valence-electron chi connectivity index (χ1n) is 11.8. The number of nitrogens with one attached hydrogen (secondary N) is 1. The maximum Gasteiger partial charge on any atom is 0.411 e. The lowest BCUT2D eigenvalue weighted by Crippen LogP contribution is -2.41. The summed E-state index contributed by atoms with van der Waals surface area (Å²) in [5, 5.41) is 2.73. The smallest absolute Gasteiger partial charge is 0.411 e. The number of hydrogen-bond donors (Lipinski definition) is 1. The van der Waals surface area contributed by atoms with Crippen LogP contribution in [0.2, 0.25) is 0 Å². The molecule has 32 heavy (non-hydrogen) atoms. The standard InChI is InChI=1S/C25H31N3O4/c29-25(32-22-10-14-30-15-11-22)27-20-5-7-24(26-17-20)31-23-6-4-18-8-12-28(21-2-1-3-21)13-9-19(18)16-23/h4-7,16-17,21-22H,1-3,8-15H2,(H,27,29). The van der Waals surface area contributed by atoms with Crippen molar-refractivity contribution in [3.05, 3.63) is 47.7 Å². The van der Waals surface area contributed by atoms with E-state index >= 15 is 0 Å². The highest BCUT2D eigenvalue weighted by Crippen LogP contribution is 2.29. The van der Waals surface area contributed by atoms with Gasteiger partial charge in [-0.3, -0.25) is 10.2 Å². The van der Waals surface area contributed by atoms with Gasteiger partial charge in [-0.05, 0) is 55.0 Å². The fourth-order valence-corrected chi connectivity index (χ4v) is 4.63. The van der Waals surface area contributed by atoms with Crippen LogP contribution in [0, 0.1) is 0 Å². The van der Waals surface area contributed by atoms with Crippen molar-refractivity contribution in [1.82, 2.24) is 9.88 Å². The molecular formula is C25H31N3O4. The number of hydrogen-bond acceptors (Lipinski definition) is 6. The summed E-state index contributed by atoms with van der Waals surface area (Å²) in [6.45, 7) is 3.55. The van der Waals surface area contributed by atoms with Crippen molar-refractivity contribution in [2.45, 2.75) is 57.1 Å². The van der Waals surface area contributed by atoms with Gasteiger partial charge in [-0.15, -0.1) is 0 Å². The fraction of sp³-hybridized carbons (Fsp3) is 0.520. The third-order valence-corrected chi connectivity index (χ3v) is 6.75. The van der Waals surface area contributed by atoms with Crippen molar-refractivity contribution < 1.29 is 19.0 Å². The average molecular weight is 438 g/mol. The van der Waals surface area contributed by atoms with Crippen LogP contribution >= 0.6 is 0 Å². The minimum Gasteiger partial charge on any atom is -0.446 e. The Hall–Kier alpha value is -2.64. The molecule has 2 aliphatic heterocycles. The molecule has 1 saturated carbocycles. The molecule has 0 unspecified atom stereocenters. The minimum atomic E-state index is -0.464. The van der Waals surface area contributed by atoms with Crippen LogP contribution < -0.4 is 10.1 Å². The molecule has 1 N–H and O–H groups in total. The molecule has 2 aromatic rings. The molecule has 0 spiro atoms. The van der Waals surface area contributed by atoms with Crippen molar-refractivity contribution in [3.63, 3.8) is 0 Å². The molecule has 170 valence electrons. The van der Waals surface area contributed by atoms with Gasteiger partial charge in [0.05, 0.1) is 25.1 Å². The highest BCUT2D eigenvalue weighted by Gasteiger charge is 2.26. The predicted molar refractivity (Wildman–Crippen MR) is 121 cm³/mol. The van der Waals surface area contributed by atoms with Crippen LogP contribution in [0.15, 0.2) is 36.5 Å². The Morgan fingerprint density at radius 3 is 2.56 bits per heavy atom. The molecule has 2 fully saturated rings. The van der Waals surface area contributed by atoms with Gasteiger partial charge in [0.15, 0.2) is 0 Å². The molecule has 0 bridgehead atoms. The molecule has 3 aliphatic rings. The van der Waals surface area contributed by atoms with Gasteiger partial charge in [-0.25, -0.2) is 9.78 Å². The number of carbonyl (C=O) groups is 1. The fourth-order valence-electron chi connectivity index (χ4n) is 4.63. The number of benzene rings is 1. The summed E-state index contributed by atoms with van der Waals surface area (Å²) in [6, 6.07) is 10.7. The van der Waals surface area contributed by atoms with Crippen LogP contribution in [0.1, 0.15) is 43.2 Å². The number of nitrogens with zero attached hydrogens (tertiary/aromatic N) is 2. The van der Waals surface area contributed by atoms with E-state index in [0.717, 1.165) is 50.6 Å². The minimum absolute atomic E-state index is 0.0895. The van der Waals surface area contributed by atoms with Gasteiger partial charge < -0.3 is 14.2 Å². The van der Waals surface area contributed by atoms with Crippen molar-refractivity contribution in [1.29, 1.82) is 0 Å². The summed E-state index contributed by atoms with van der Waals surface area (Å²) in [5.74, 6) is 1.30. The Morgan fingerprint density at radius 1 is 1.03 bits per heavy atom. The van der Waals surface area contributed by atoms with E-state index in [1.807, 2.05) is 6.07 Å². The first-order chi connectivity index (χ1) is 15.7. The molecule has 0 radical (unpaired) electrons. The number of aromatic nitrogens is 1. The summed E-state index contributed by atoms with van der Waals surface area (Å²) >= 11 is 0. The quantitative estimate of drug-likeness (QED) is 0.740. The van der Waals surface area contributed by atoms with Crippen LogP contribution in [0.5, 0.6) is 11.6 Å². The summed E-state index contributed by atoms with van der Waals surface area (Å²) < 4.78 is 16.7. The lowest BCUT2D eigenvalue weighted by Gasteiger charge is -2.36. The van der Waals surface area contributed by atoms with E-state index in [0.29, 0.717) is 24.8 Å². The first-order valence-corrected chi connectivity index (χ1v) is 11.8. The van der Waals surface area contributed by atoms with Crippen molar-refractivity contribution in [3.8, 4) is 11.6 Å². The van der Waals surface area contributed by atoms with Gasteiger partial charge in [0.2, 0.25) is 5.88 Å². The summed E-state index contributed by atoms with van der Waals surface area (Å²) in [6.07, 6.45) is 8.76. The predicted octanol–water partition coefficient (Wildman–Crippen LogP) is 4.55. The molecular weight excluding hydrogens is 406 g/mol. The molecule has 1 saturated heterocycles. The molecule has 7 heteroatoms. The number of carbonyl (C=O) groups excluding carboxylic acids is 1. The van der Waals surface area contributed by atoms with Crippen LogP contribution in [-0.2, 0) is 22.3 Å². The number of fused-ring (bicyclic) bond motifs is 1. The Kier molecular flexibility index (Phi) is 6.55. The van der Waals surface area contributed by atoms with Gasteiger partial charge in [0.25, 0.3) is 0 Å². The van der Waals surface area contributed by atoms with E-state index in [1.165, 1.54) is 30.4 Å². The largest absolute Gasteiger partial charge is 0.446 e. The average Bonchev–Trinajstić information content (AvgIpc) is 2.97. The molecule has 3 heterocycles. The van der Waals surface area contributed by atoms with Crippen LogP contribution in [0.3, 0.4) is 0 Å². The lowest BCUT2D eigenvalue weighted by molar-refractivity contribution is 0.00592. The van der Waals surface area contributed by atoms with Crippen LogP contribution in [0.4, 0.5) is 10.5 Å². The number of anilines is 1. The highest BCUT2D eigenvalue weighted by atomic mass is 16.6. The van der Waals surface area contributed by atoms with Crippen molar-refractivity contribution in [2.75, 3.05) is 31.6 Å². The Labute approximate surface area is 189 Å². The van der Waals surface area contributed by atoms with Gasteiger partial charge in [0, 0.05) is 38.0 Å². The van der Waals surface area contributed by atoms with E-state index in [1.54, 1.807) is 18.3 Å². The Morgan fingerprint density at radius 2 is 1.84 bits per heavy atom. The number of rotatable bonds is 5. The third-order valence-electron chi connectivity index (χ3n) is 6.75. The maximum atomic E-state index is 12.1. The molecule has 5 rings (SSSR count). The van der Waals surface area contributed by atoms with E-state index in [9.17, 15) is 4.79 Å². The Balaban J connectivity index is 1.15. The molecule has 0 atom stereocenters. The second-order valence-electron chi connectivity index (χ2n) is 8.88. The maximum absolute atomic E-state index is 12.1. The first kappa shape index (κ1) is 21.2. The van der Waals surface area contributed by atoms with Crippen molar-refractivity contribution >= 4 is 11.8 Å². The molecule has 1 aliphatic carbocycles. The van der Waals surface area contributed by atoms with Gasteiger partial charge in [-0.2, -0.15) is 0 Å². The number of pyridine rings is 1. The molecule has 1 aromatic heterocycles. The van der Waals surface area contributed by atoms with E-state index in [4.69, 9.17) is 14.2 Å². The molecule has 1 aromatic carbocycles. The van der Waals surface area contributed by atoms with Gasteiger partial charge in [0.1, 0.15) is 11.9 Å². The summed E-state index contributed by atoms with van der Waals surface area (Å²) in [7, 11) is 0. The van der Waals surface area contributed by atoms with Gasteiger partial charge >= 0.3 is 6.09 Å². The lowest BCUT2D eigenvalue weighted by atomic mass is 9.91. The zero-order valence-electron chi connectivity index (χ0n) is 18.4. The highest BCUT2D eigenvalue weighted by molar-refractivity contribution is 5.84. The van der Waals surface area contributed by atoms with Gasteiger partial charge in [-0.1, -0.05) is 12.5 Å². The zero-order chi connectivity index (χ0) is 21.8. The normalized spacial score (nSPS) is 20.0. The molecule has 7 nitrogen and oxygen atoms in total. The summed E-state index contributed by atoms with van der Waals surface area (Å²) in [5.41, 5.74) is 3.38. The molecule has 1 amide bonds. The number of amides is 1. The van der Waals surface area contributed by atoms with E-state index < -0.39 is 6.09 Å². The van der Waals surface area contributed by atoms with Crippen molar-refractivity contribution in [2.24, 2.45) is 0 Å². The third kappa shape index (κ3) is 5.22. The second kappa shape index (κ2) is 9.88. The van der Waals surface area contributed by atoms with E-state index in [2.05, 4.69) is 27.3 Å². The number of ether oxygens (including phenoxy) is 3. The summed E-state index contributed by atoms with van der Waals surface area (Å²) in [4.78, 5) is 19.1. The van der Waals surface area contributed by atoms with Crippen LogP contribution in [0.25, 0.3) is 0 Å².